The minimum atomic E-state index is -0.277. The van der Waals surface area contributed by atoms with E-state index < -0.39 is 0 Å². The molecule has 0 bridgehead atoms. The molecule has 27 heavy (non-hydrogen) atoms. The predicted molar refractivity (Wildman–Crippen MR) is 107 cm³/mol. The molecule has 0 atom stereocenters. The summed E-state index contributed by atoms with van der Waals surface area (Å²) >= 11 is 7.61. The van der Waals surface area contributed by atoms with Gasteiger partial charge in [-0.2, -0.15) is 0 Å². The number of rotatable bonds is 4. The lowest BCUT2D eigenvalue weighted by Crippen LogP contribution is -2.33. The molecule has 1 amide bonds. The number of carbonyl (C=O) groups is 1. The summed E-state index contributed by atoms with van der Waals surface area (Å²) in [5.74, 6) is -0.0902. The Bertz CT molecular complexity index is 1020. The van der Waals surface area contributed by atoms with E-state index in [0.717, 1.165) is 21.3 Å². The van der Waals surface area contributed by atoms with Crippen molar-refractivity contribution < 1.29 is 14.3 Å². The summed E-state index contributed by atoms with van der Waals surface area (Å²) in [6, 6.07) is 13.5. The number of amides is 1. The Morgan fingerprint density at radius 2 is 2.07 bits per heavy atom. The number of anilines is 1. The molecule has 0 radical (unpaired) electrons. The van der Waals surface area contributed by atoms with Crippen LogP contribution in [0.25, 0.3) is 10.2 Å². The first-order valence-electron chi connectivity index (χ1n) is 8.49. The highest BCUT2D eigenvalue weighted by atomic mass is 35.5. The number of hydrogen-bond donors (Lipinski definition) is 0. The van der Waals surface area contributed by atoms with E-state index in [-0.39, 0.29) is 11.7 Å². The van der Waals surface area contributed by atoms with E-state index in [1.165, 1.54) is 17.6 Å². The summed E-state index contributed by atoms with van der Waals surface area (Å²) in [5, 5.41) is 1.25. The van der Waals surface area contributed by atoms with Gasteiger partial charge in [0.05, 0.1) is 16.8 Å². The van der Waals surface area contributed by atoms with Crippen molar-refractivity contribution in [1.82, 2.24) is 4.98 Å². The summed E-state index contributed by atoms with van der Waals surface area (Å²) in [6.07, 6.45) is 1.37. The zero-order valence-corrected chi connectivity index (χ0v) is 16.2. The molecule has 0 N–H and O–H groups in total. The van der Waals surface area contributed by atoms with Gasteiger partial charge in [-0.3, -0.25) is 9.69 Å². The minimum absolute atomic E-state index is 0.186. The van der Waals surface area contributed by atoms with Crippen molar-refractivity contribution in [3.63, 3.8) is 0 Å². The molecule has 1 aliphatic heterocycles. The summed E-state index contributed by atoms with van der Waals surface area (Å²) in [4.78, 5) is 19.5. The molecule has 1 aromatic heterocycles. The van der Waals surface area contributed by atoms with E-state index in [1.807, 2.05) is 49.4 Å². The maximum Gasteiger partial charge on any atom is 0.298 e. The Labute approximate surface area is 165 Å². The van der Waals surface area contributed by atoms with Gasteiger partial charge in [-0.15, -0.1) is 0 Å². The van der Waals surface area contributed by atoms with Gasteiger partial charge in [-0.05, 0) is 30.2 Å². The fourth-order valence-electron chi connectivity index (χ4n) is 2.86. The molecule has 7 heteroatoms. The SMILES string of the molecule is Cc1cc(Cl)cc2sc(N(Cc3ccccc3)C(=O)C3=COCCO3)nc12. The molecule has 138 valence electrons. The van der Waals surface area contributed by atoms with Gasteiger partial charge in [0, 0.05) is 5.02 Å². The second-order valence-corrected chi connectivity index (χ2v) is 7.59. The largest absolute Gasteiger partial charge is 0.494 e. The second-order valence-electron chi connectivity index (χ2n) is 6.14. The van der Waals surface area contributed by atoms with Crippen LogP contribution in [0.2, 0.25) is 5.02 Å². The molecule has 0 aliphatic carbocycles. The van der Waals surface area contributed by atoms with E-state index >= 15 is 0 Å². The summed E-state index contributed by atoms with van der Waals surface area (Å²) in [6.45, 7) is 3.13. The van der Waals surface area contributed by atoms with Crippen molar-refractivity contribution in [2.24, 2.45) is 0 Å². The minimum Gasteiger partial charge on any atom is -0.494 e. The quantitative estimate of drug-likeness (QED) is 0.638. The lowest BCUT2D eigenvalue weighted by Gasteiger charge is -2.23. The van der Waals surface area contributed by atoms with E-state index in [2.05, 4.69) is 0 Å². The number of thiazole rings is 1. The van der Waals surface area contributed by atoms with Crippen LogP contribution in [0.4, 0.5) is 5.13 Å². The Morgan fingerprint density at radius 3 is 2.81 bits per heavy atom. The van der Waals surface area contributed by atoms with Crippen LogP contribution in [0.5, 0.6) is 0 Å². The zero-order valence-electron chi connectivity index (χ0n) is 14.6. The molecule has 0 fully saturated rings. The van der Waals surface area contributed by atoms with Gasteiger partial charge in [0.15, 0.2) is 5.13 Å². The molecule has 0 spiro atoms. The molecule has 2 aromatic carbocycles. The number of hydrogen-bond acceptors (Lipinski definition) is 5. The second kappa shape index (κ2) is 7.58. The maximum absolute atomic E-state index is 13.1. The standard InChI is InChI=1S/C20H17ClN2O3S/c1-13-9-15(21)10-17-18(13)22-20(27-17)23(11-14-5-3-2-4-6-14)19(24)16-12-25-7-8-26-16/h2-6,9-10,12H,7-8,11H2,1H3. The number of carbonyl (C=O) groups excluding carboxylic acids is 1. The van der Waals surface area contributed by atoms with Crippen molar-refractivity contribution in [2.45, 2.75) is 13.5 Å². The van der Waals surface area contributed by atoms with E-state index in [0.29, 0.717) is 29.9 Å². The predicted octanol–water partition coefficient (Wildman–Crippen LogP) is 4.68. The number of benzene rings is 2. The third-order valence-corrected chi connectivity index (χ3v) is 5.40. The van der Waals surface area contributed by atoms with Gasteiger partial charge in [-0.1, -0.05) is 53.3 Å². The van der Waals surface area contributed by atoms with Crippen LogP contribution in [-0.4, -0.2) is 24.1 Å². The fraction of sp³-hybridized carbons (Fsp3) is 0.200. The molecule has 1 aliphatic rings. The van der Waals surface area contributed by atoms with Crippen molar-refractivity contribution >= 4 is 44.2 Å². The van der Waals surface area contributed by atoms with Crippen molar-refractivity contribution in [3.05, 3.63) is 70.6 Å². The Hall–Kier alpha value is -2.57. The number of ether oxygens (including phenoxy) is 2. The third kappa shape index (κ3) is 3.77. The van der Waals surface area contributed by atoms with Gasteiger partial charge in [0.2, 0.25) is 5.76 Å². The van der Waals surface area contributed by atoms with E-state index in [1.54, 1.807) is 4.90 Å². The topological polar surface area (TPSA) is 51.7 Å². The Kier molecular flexibility index (Phi) is 5.01. The van der Waals surface area contributed by atoms with Gasteiger partial charge in [0.1, 0.15) is 19.5 Å². The first-order chi connectivity index (χ1) is 13.1. The number of fused-ring (bicyclic) bond motifs is 1. The smallest absolute Gasteiger partial charge is 0.298 e. The van der Waals surface area contributed by atoms with Crippen LogP contribution in [0.15, 0.2) is 54.5 Å². The van der Waals surface area contributed by atoms with Gasteiger partial charge >= 0.3 is 0 Å². The molecular weight excluding hydrogens is 384 g/mol. The van der Waals surface area contributed by atoms with Crippen LogP contribution in [0, 0.1) is 6.92 Å². The Balaban J connectivity index is 1.76. The molecular formula is C20H17ClN2O3S. The van der Waals surface area contributed by atoms with Crippen LogP contribution < -0.4 is 4.90 Å². The van der Waals surface area contributed by atoms with Gasteiger partial charge < -0.3 is 9.47 Å². The van der Waals surface area contributed by atoms with Crippen LogP contribution in [-0.2, 0) is 20.8 Å². The number of nitrogens with zero attached hydrogens (tertiary/aromatic N) is 2. The third-order valence-electron chi connectivity index (χ3n) is 4.16. The molecule has 5 nitrogen and oxygen atoms in total. The lowest BCUT2D eigenvalue weighted by atomic mass is 10.2. The lowest BCUT2D eigenvalue weighted by molar-refractivity contribution is -0.119. The summed E-state index contributed by atoms with van der Waals surface area (Å²) in [7, 11) is 0. The highest BCUT2D eigenvalue weighted by Crippen LogP contribution is 2.34. The number of aryl methyl sites for hydroxylation is 1. The van der Waals surface area contributed by atoms with Crippen LogP contribution in [0.1, 0.15) is 11.1 Å². The zero-order chi connectivity index (χ0) is 18.8. The first-order valence-corrected chi connectivity index (χ1v) is 9.68. The molecule has 2 heterocycles. The van der Waals surface area contributed by atoms with Crippen molar-refractivity contribution in [3.8, 4) is 0 Å². The first kappa shape index (κ1) is 17.8. The fourth-order valence-corrected chi connectivity index (χ4v) is 4.28. The highest BCUT2D eigenvalue weighted by molar-refractivity contribution is 7.22. The molecule has 0 saturated carbocycles. The molecule has 3 aromatic rings. The van der Waals surface area contributed by atoms with E-state index in [9.17, 15) is 4.79 Å². The molecule has 0 unspecified atom stereocenters. The van der Waals surface area contributed by atoms with E-state index in [4.69, 9.17) is 26.1 Å². The Morgan fingerprint density at radius 1 is 1.26 bits per heavy atom. The van der Waals surface area contributed by atoms with Gasteiger partial charge in [-0.25, -0.2) is 4.98 Å². The number of halogens is 1. The molecule has 0 saturated heterocycles. The average molecular weight is 401 g/mol. The van der Waals surface area contributed by atoms with Crippen LogP contribution in [0.3, 0.4) is 0 Å². The van der Waals surface area contributed by atoms with Gasteiger partial charge in [0.25, 0.3) is 5.91 Å². The summed E-state index contributed by atoms with van der Waals surface area (Å²) in [5.41, 5.74) is 2.82. The average Bonchev–Trinajstić information content (AvgIpc) is 3.11. The van der Waals surface area contributed by atoms with Crippen molar-refractivity contribution in [2.75, 3.05) is 18.1 Å². The molecule has 4 rings (SSSR count). The normalized spacial score (nSPS) is 13.6. The highest BCUT2D eigenvalue weighted by Gasteiger charge is 2.26. The maximum atomic E-state index is 13.1. The number of aromatic nitrogens is 1. The van der Waals surface area contributed by atoms with Crippen LogP contribution >= 0.6 is 22.9 Å². The monoisotopic (exact) mass is 400 g/mol. The van der Waals surface area contributed by atoms with Crippen molar-refractivity contribution in [1.29, 1.82) is 0 Å². The summed E-state index contributed by atoms with van der Waals surface area (Å²) < 4.78 is 11.7.